The monoisotopic (exact) mass is 221 g/mol. The number of hydrogen-bond acceptors (Lipinski definition) is 5. The minimum absolute atomic E-state index is 0.0365. The van der Waals surface area contributed by atoms with Crippen LogP contribution in [0.15, 0.2) is 12.4 Å². The maximum Gasteiger partial charge on any atom is 0.293 e. The lowest BCUT2D eigenvalue weighted by molar-refractivity contribution is 0.101. The average molecular weight is 221 g/mol. The van der Waals surface area contributed by atoms with Crippen molar-refractivity contribution in [1.29, 1.82) is 0 Å². The van der Waals surface area contributed by atoms with Gasteiger partial charge in [0.15, 0.2) is 0 Å². The van der Waals surface area contributed by atoms with Crippen molar-refractivity contribution in [2.45, 2.75) is 13.5 Å². The van der Waals surface area contributed by atoms with Gasteiger partial charge in [0.25, 0.3) is 5.91 Å². The van der Waals surface area contributed by atoms with Crippen LogP contribution in [0, 0.1) is 0 Å². The summed E-state index contributed by atoms with van der Waals surface area (Å²) < 4.78 is 1.70. The predicted octanol–water partition coefficient (Wildman–Crippen LogP) is -0.144. The molecule has 1 amide bonds. The van der Waals surface area contributed by atoms with Gasteiger partial charge in [-0.2, -0.15) is 10.1 Å². The zero-order valence-corrected chi connectivity index (χ0v) is 8.64. The fraction of sp³-hybridized carbons (Fsp3) is 0.250. The summed E-state index contributed by atoms with van der Waals surface area (Å²) in [5.41, 5.74) is 5.88. The van der Waals surface area contributed by atoms with E-state index in [-0.39, 0.29) is 11.8 Å². The van der Waals surface area contributed by atoms with Crippen LogP contribution < -0.4 is 11.1 Å². The first-order valence-corrected chi connectivity index (χ1v) is 4.70. The van der Waals surface area contributed by atoms with Crippen LogP contribution in [0.3, 0.4) is 0 Å². The molecule has 0 atom stereocenters. The molecule has 16 heavy (non-hydrogen) atoms. The van der Waals surface area contributed by atoms with Gasteiger partial charge in [-0.25, -0.2) is 0 Å². The molecule has 0 aliphatic rings. The summed E-state index contributed by atoms with van der Waals surface area (Å²) in [6, 6.07) is 0. The predicted molar refractivity (Wildman–Crippen MR) is 56.6 cm³/mol. The zero-order valence-electron chi connectivity index (χ0n) is 8.64. The smallest absolute Gasteiger partial charge is 0.293 e. The number of nitrogen functional groups attached to an aromatic ring is 1. The molecule has 0 aromatic carbocycles. The second-order valence-electron chi connectivity index (χ2n) is 3.08. The number of carbonyl (C=O) groups excluding carboxylic acids is 1. The first kappa shape index (κ1) is 10.1. The lowest BCUT2D eigenvalue weighted by Crippen LogP contribution is -2.13. The maximum atomic E-state index is 11.6. The number of aromatic amines is 1. The largest absolute Gasteiger partial charge is 0.366 e. The number of nitrogens with one attached hydrogen (secondary N) is 2. The van der Waals surface area contributed by atoms with Crippen LogP contribution in [0.1, 0.15) is 17.5 Å². The summed E-state index contributed by atoms with van der Waals surface area (Å²) in [5.74, 6) is -0.295. The normalized spacial score (nSPS) is 10.3. The van der Waals surface area contributed by atoms with Gasteiger partial charge < -0.3 is 11.1 Å². The summed E-state index contributed by atoms with van der Waals surface area (Å²) in [4.78, 5) is 15.3. The summed E-state index contributed by atoms with van der Waals surface area (Å²) in [6.45, 7) is 2.70. The van der Waals surface area contributed by atoms with E-state index >= 15 is 0 Å². The van der Waals surface area contributed by atoms with Gasteiger partial charge >= 0.3 is 0 Å². The van der Waals surface area contributed by atoms with E-state index in [0.717, 1.165) is 6.54 Å². The topological polar surface area (TPSA) is 115 Å². The van der Waals surface area contributed by atoms with Gasteiger partial charge in [-0.05, 0) is 6.92 Å². The van der Waals surface area contributed by atoms with Gasteiger partial charge in [0.05, 0.1) is 11.9 Å². The van der Waals surface area contributed by atoms with Crippen molar-refractivity contribution < 1.29 is 4.79 Å². The molecule has 0 spiro atoms. The number of nitrogens with zero attached hydrogens (tertiary/aromatic N) is 4. The number of hydrogen-bond donors (Lipinski definition) is 3. The van der Waals surface area contributed by atoms with Crippen LogP contribution in [-0.4, -0.2) is 30.9 Å². The van der Waals surface area contributed by atoms with E-state index in [0.29, 0.717) is 5.69 Å². The first-order chi connectivity index (χ1) is 7.69. The number of amides is 1. The molecule has 2 rings (SSSR count). The fourth-order valence-corrected chi connectivity index (χ4v) is 1.17. The third kappa shape index (κ3) is 2.00. The molecule has 4 N–H and O–H groups in total. The number of H-pyrrole nitrogens is 1. The minimum atomic E-state index is -0.403. The minimum Gasteiger partial charge on any atom is -0.366 e. The Hall–Kier alpha value is -2.38. The van der Waals surface area contributed by atoms with Crippen LogP contribution in [0.25, 0.3) is 0 Å². The molecule has 8 nitrogen and oxygen atoms in total. The van der Waals surface area contributed by atoms with Crippen LogP contribution in [0.4, 0.5) is 11.6 Å². The lowest BCUT2D eigenvalue weighted by atomic mass is 10.5. The van der Waals surface area contributed by atoms with E-state index in [1.54, 1.807) is 17.1 Å². The van der Waals surface area contributed by atoms with E-state index in [1.807, 2.05) is 6.92 Å². The molecule has 0 aliphatic heterocycles. The Bertz CT molecular complexity index is 500. The Morgan fingerprint density at radius 2 is 2.50 bits per heavy atom. The molecule has 0 radical (unpaired) electrons. The molecular weight excluding hydrogens is 210 g/mol. The molecule has 0 saturated heterocycles. The summed E-state index contributed by atoms with van der Waals surface area (Å²) in [5, 5.41) is 12.6. The molecule has 0 fully saturated rings. The second-order valence-corrected chi connectivity index (χ2v) is 3.08. The Morgan fingerprint density at radius 3 is 3.06 bits per heavy atom. The number of aryl methyl sites for hydroxylation is 1. The number of nitrogens with two attached hydrogens (primary N) is 1. The van der Waals surface area contributed by atoms with Crippen molar-refractivity contribution in [3.8, 4) is 0 Å². The quantitative estimate of drug-likeness (QED) is 0.667. The number of rotatable bonds is 3. The van der Waals surface area contributed by atoms with Crippen LogP contribution >= 0.6 is 0 Å². The van der Waals surface area contributed by atoms with Gasteiger partial charge in [0.2, 0.25) is 11.8 Å². The van der Waals surface area contributed by atoms with Gasteiger partial charge in [0, 0.05) is 12.7 Å². The van der Waals surface area contributed by atoms with Crippen LogP contribution in [0.2, 0.25) is 0 Å². The van der Waals surface area contributed by atoms with Crippen molar-refractivity contribution in [2.24, 2.45) is 0 Å². The molecule has 0 bridgehead atoms. The number of aromatic nitrogens is 5. The molecule has 0 saturated carbocycles. The van der Waals surface area contributed by atoms with Crippen molar-refractivity contribution >= 4 is 17.5 Å². The summed E-state index contributed by atoms with van der Waals surface area (Å²) in [7, 11) is 0. The highest BCUT2D eigenvalue weighted by Gasteiger charge is 2.11. The molecule has 0 unspecified atom stereocenters. The van der Waals surface area contributed by atoms with E-state index in [9.17, 15) is 4.79 Å². The van der Waals surface area contributed by atoms with Crippen LogP contribution in [0.5, 0.6) is 0 Å². The molecular formula is C8H11N7O. The van der Waals surface area contributed by atoms with E-state index in [4.69, 9.17) is 5.73 Å². The fourth-order valence-electron chi connectivity index (χ4n) is 1.17. The second kappa shape index (κ2) is 4.01. The molecule has 2 heterocycles. The first-order valence-electron chi connectivity index (χ1n) is 4.70. The van der Waals surface area contributed by atoms with Crippen molar-refractivity contribution in [1.82, 2.24) is 25.0 Å². The molecule has 2 aromatic rings. The molecule has 84 valence electrons. The average Bonchev–Trinajstić information content (AvgIpc) is 2.87. The van der Waals surface area contributed by atoms with E-state index in [2.05, 4.69) is 25.6 Å². The van der Waals surface area contributed by atoms with Crippen molar-refractivity contribution in [3.05, 3.63) is 18.2 Å². The third-order valence-electron chi connectivity index (χ3n) is 1.93. The SMILES string of the molecule is CCn1cc(NC(=O)c2nc(N)n[nH]2)cn1. The summed E-state index contributed by atoms with van der Waals surface area (Å²) in [6.07, 6.45) is 3.28. The lowest BCUT2D eigenvalue weighted by Gasteiger charge is -1.97. The summed E-state index contributed by atoms with van der Waals surface area (Å²) >= 11 is 0. The van der Waals surface area contributed by atoms with Crippen molar-refractivity contribution in [2.75, 3.05) is 11.1 Å². The highest BCUT2D eigenvalue weighted by molar-refractivity contribution is 6.01. The van der Waals surface area contributed by atoms with Gasteiger partial charge in [0.1, 0.15) is 0 Å². The Morgan fingerprint density at radius 1 is 1.69 bits per heavy atom. The maximum absolute atomic E-state index is 11.6. The highest BCUT2D eigenvalue weighted by atomic mass is 16.2. The van der Waals surface area contributed by atoms with Gasteiger partial charge in [-0.3, -0.25) is 14.6 Å². The highest BCUT2D eigenvalue weighted by Crippen LogP contribution is 2.06. The molecule has 2 aromatic heterocycles. The zero-order chi connectivity index (χ0) is 11.5. The number of anilines is 2. The van der Waals surface area contributed by atoms with Crippen molar-refractivity contribution in [3.63, 3.8) is 0 Å². The Kier molecular flexibility index (Phi) is 2.54. The molecule has 0 aliphatic carbocycles. The number of carbonyl (C=O) groups is 1. The van der Waals surface area contributed by atoms with Gasteiger partial charge in [-0.1, -0.05) is 0 Å². The van der Waals surface area contributed by atoms with E-state index < -0.39 is 5.91 Å². The standard InChI is InChI=1S/C8H11N7O/c1-2-15-4-5(3-10-15)11-7(16)6-12-8(9)14-13-6/h3-4H,2H2,1H3,(H,11,16)(H3,9,12,13,14). The Labute approximate surface area is 90.9 Å². The molecule has 8 heteroatoms. The van der Waals surface area contributed by atoms with E-state index in [1.165, 1.54) is 0 Å². The van der Waals surface area contributed by atoms with Crippen LogP contribution in [-0.2, 0) is 6.54 Å². The van der Waals surface area contributed by atoms with Gasteiger partial charge in [-0.15, -0.1) is 5.10 Å². The Balaban J connectivity index is 2.07. The third-order valence-corrected chi connectivity index (χ3v) is 1.93.